The fraction of sp³-hybridized carbons (Fsp3) is 1.00. The van der Waals surface area contributed by atoms with Crippen molar-refractivity contribution in [2.75, 3.05) is 26.2 Å². The summed E-state index contributed by atoms with van der Waals surface area (Å²) < 4.78 is 5.85. The predicted molar refractivity (Wildman–Crippen MR) is 80.5 cm³/mol. The second-order valence-corrected chi connectivity index (χ2v) is 7.08. The number of rotatable bonds is 4. The first-order valence-corrected chi connectivity index (χ1v) is 8.13. The van der Waals surface area contributed by atoms with Crippen molar-refractivity contribution in [3.05, 3.63) is 0 Å². The summed E-state index contributed by atoms with van der Waals surface area (Å²) >= 11 is 0. The van der Waals surface area contributed by atoms with E-state index in [1.54, 1.807) is 0 Å². The van der Waals surface area contributed by atoms with Gasteiger partial charge in [0.25, 0.3) is 0 Å². The molecular weight excluding hydrogens is 236 g/mol. The SMILES string of the molecule is CCCNC1CCN(C2CCOC(C)(C)C2)CC1C. The van der Waals surface area contributed by atoms with E-state index >= 15 is 0 Å². The van der Waals surface area contributed by atoms with Crippen LogP contribution in [0.15, 0.2) is 0 Å². The Morgan fingerprint density at radius 3 is 2.74 bits per heavy atom. The Kier molecular flexibility index (Phi) is 5.27. The summed E-state index contributed by atoms with van der Waals surface area (Å²) in [6, 6.07) is 1.46. The lowest BCUT2D eigenvalue weighted by Gasteiger charge is -2.46. The molecule has 19 heavy (non-hydrogen) atoms. The van der Waals surface area contributed by atoms with E-state index in [1.807, 2.05) is 0 Å². The van der Waals surface area contributed by atoms with Gasteiger partial charge in [0.15, 0.2) is 0 Å². The highest BCUT2D eigenvalue weighted by Gasteiger charge is 2.35. The number of piperidine rings is 1. The molecule has 0 aliphatic carbocycles. The molecule has 3 atom stereocenters. The molecule has 2 saturated heterocycles. The summed E-state index contributed by atoms with van der Waals surface area (Å²) in [6.07, 6.45) is 4.94. The fourth-order valence-corrected chi connectivity index (χ4v) is 3.65. The minimum absolute atomic E-state index is 0.0729. The lowest BCUT2D eigenvalue weighted by molar-refractivity contribution is -0.0887. The van der Waals surface area contributed by atoms with Crippen molar-refractivity contribution in [2.24, 2.45) is 5.92 Å². The zero-order valence-corrected chi connectivity index (χ0v) is 13.2. The molecule has 2 aliphatic rings. The minimum atomic E-state index is 0.0729. The Morgan fingerprint density at radius 2 is 2.11 bits per heavy atom. The largest absolute Gasteiger partial charge is 0.375 e. The molecule has 0 bridgehead atoms. The van der Waals surface area contributed by atoms with Gasteiger partial charge in [-0.15, -0.1) is 0 Å². The van der Waals surface area contributed by atoms with E-state index in [2.05, 4.69) is 37.9 Å². The summed E-state index contributed by atoms with van der Waals surface area (Å²) in [4.78, 5) is 2.72. The van der Waals surface area contributed by atoms with E-state index in [0.29, 0.717) is 0 Å². The molecule has 1 N–H and O–H groups in total. The number of hydrogen-bond donors (Lipinski definition) is 1. The summed E-state index contributed by atoms with van der Waals surface area (Å²) in [6.45, 7) is 13.7. The normalized spacial score (nSPS) is 36.3. The molecule has 2 heterocycles. The molecular formula is C16H32N2O. The summed E-state index contributed by atoms with van der Waals surface area (Å²) in [5, 5.41) is 3.71. The highest BCUT2D eigenvalue weighted by atomic mass is 16.5. The predicted octanol–water partition coefficient (Wildman–Crippen LogP) is 2.65. The zero-order valence-electron chi connectivity index (χ0n) is 13.2. The van der Waals surface area contributed by atoms with Crippen LogP contribution >= 0.6 is 0 Å². The van der Waals surface area contributed by atoms with Gasteiger partial charge in [-0.2, -0.15) is 0 Å². The van der Waals surface area contributed by atoms with E-state index in [1.165, 1.54) is 45.3 Å². The van der Waals surface area contributed by atoms with Crippen molar-refractivity contribution < 1.29 is 4.74 Å². The molecule has 2 rings (SSSR count). The minimum Gasteiger partial charge on any atom is -0.375 e. The van der Waals surface area contributed by atoms with Crippen molar-refractivity contribution >= 4 is 0 Å². The Hall–Kier alpha value is -0.120. The third kappa shape index (κ3) is 4.17. The van der Waals surface area contributed by atoms with Gasteiger partial charge in [-0.3, -0.25) is 4.90 Å². The average molecular weight is 268 g/mol. The summed E-state index contributed by atoms with van der Waals surface area (Å²) in [5.41, 5.74) is 0.0729. The second kappa shape index (κ2) is 6.55. The molecule has 3 unspecified atom stereocenters. The number of nitrogens with zero attached hydrogens (tertiary/aromatic N) is 1. The van der Waals surface area contributed by atoms with Gasteiger partial charge < -0.3 is 10.1 Å². The second-order valence-electron chi connectivity index (χ2n) is 7.08. The van der Waals surface area contributed by atoms with E-state index in [-0.39, 0.29) is 5.60 Å². The van der Waals surface area contributed by atoms with Gasteiger partial charge in [0, 0.05) is 25.2 Å². The summed E-state index contributed by atoms with van der Waals surface area (Å²) in [7, 11) is 0. The van der Waals surface area contributed by atoms with Crippen LogP contribution in [0.3, 0.4) is 0 Å². The molecule has 2 aliphatic heterocycles. The van der Waals surface area contributed by atoms with Gasteiger partial charge in [0.2, 0.25) is 0 Å². The topological polar surface area (TPSA) is 24.5 Å². The molecule has 0 amide bonds. The van der Waals surface area contributed by atoms with E-state index in [0.717, 1.165) is 24.6 Å². The van der Waals surface area contributed by atoms with Gasteiger partial charge in [-0.05, 0) is 58.5 Å². The van der Waals surface area contributed by atoms with E-state index in [4.69, 9.17) is 4.74 Å². The molecule has 3 nitrogen and oxygen atoms in total. The first kappa shape index (κ1) is 15.3. The van der Waals surface area contributed by atoms with Gasteiger partial charge >= 0.3 is 0 Å². The number of likely N-dealkylation sites (tertiary alicyclic amines) is 1. The molecule has 0 radical (unpaired) electrons. The molecule has 3 heteroatoms. The van der Waals surface area contributed by atoms with E-state index in [9.17, 15) is 0 Å². The van der Waals surface area contributed by atoms with Crippen LogP contribution in [0, 0.1) is 5.92 Å². The smallest absolute Gasteiger partial charge is 0.0641 e. The lowest BCUT2D eigenvalue weighted by atomic mass is 9.88. The highest BCUT2D eigenvalue weighted by Crippen LogP contribution is 2.30. The van der Waals surface area contributed by atoms with Crippen LogP contribution in [0.1, 0.15) is 53.4 Å². The number of ether oxygens (including phenoxy) is 1. The van der Waals surface area contributed by atoms with Crippen LogP contribution in [0.2, 0.25) is 0 Å². The number of nitrogens with one attached hydrogen (secondary N) is 1. The van der Waals surface area contributed by atoms with E-state index < -0.39 is 0 Å². The molecule has 0 aromatic carbocycles. The van der Waals surface area contributed by atoms with Crippen molar-refractivity contribution in [2.45, 2.75) is 71.1 Å². The van der Waals surface area contributed by atoms with Crippen LogP contribution in [0.25, 0.3) is 0 Å². The van der Waals surface area contributed by atoms with Gasteiger partial charge in [0.05, 0.1) is 5.60 Å². The van der Waals surface area contributed by atoms with Gasteiger partial charge in [0.1, 0.15) is 0 Å². The van der Waals surface area contributed by atoms with Crippen LogP contribution in [-0.4, -0.2) is 48.8 Å². The quantitative estimate of drug-likeness (QED) is 0.848. The maximum Gasteiger partial charge on any atom is 0.0641 e. The van der Waals surface area contributed by atoms with Gasteiger partial charge in [-0.1, -0.05) is 13.8 Å². The summed E-state index contributed by atoms with van der Waals surface area (Å²) in [5.74, 6) is 0.770. The van der Waals surface area contributed by atoms with Crippen molar-refractivity contribution in [3.63, 3.8) is 0 Å². The third-order valence-electron chi connectivity index (χ3n) is 4.78. The maximum absolute atomic E-state index is 5.85. The van der Waals surface area contributed by atoms with Crippen LogP contribution < -0.4 is 5.32 Å². The molecule has 0 saturated carbocycles. The standard InChI is InChI=1S/C16H32N2O/c1-5-8-17-15-6-9-18(12-13(15)2)14-7-10-19-16(3,4)11-14/h13-15,17H,5-12H2,1-4H3. The Balaban J connectivity index is 1.84. The highest BCUT2D eigenvalue weighted by molar-refractivity contribution is 4.90. The lowest BCUT2D eigenvalue weighted by Crippen LogP contribution is -2.54. The molecule has 0 spiro atoms. The first-order chi connectivity index (χ1) is 9.02. The fourth-order valence-electron chi connectivity index (χ4n) is 3.65. The first-order valence-electron chi connectivity index (χ1n) is 8.13. The molecule has 112 valence electrons. The van der Waals surface area contributed by atoms with Crippen LogP contribution in [0.4, 0.5) is 0 Å². The Morgan fingerprint density at radius 1 is 1.32 bits per heavy atom. The number of hydrogen-bond acceptors (Lipinski definition) is 3. The molecule has 0 aromatic heterocycles. The zero-order chi connectivity index (χ0) is 13.9. The molecule has 0 aromatic rings. The Labute approximate surface area is 119 Å². The Bertz CT molecular complexity index is 280. The van der Waals surface area contributed by atoms with Crippen LogP contribution in [-0.2, 0) is 4.74 Å². The van der Waals surface area contributed by atoms with Crippen molar-refractivity contribution in [3.8, 4) is 0 Å². The molecule has 2 fully saturated rings. The monoisotopic (exact) mass is 268 g/mol. The van der Waals surface area contributed by atoms with Crippen molar-refractivity contribution in [1.29, 1.82) is 0 Å². The average Bonchev–Trinajstić information content (AvgIpc) is 2.36. The maximum atomic E-state index is 5.85. The van der Waals surface area contributed by atoms with Gasteiger partial charge in [-0.25, -0.2) is 0 Å². The van der Waals surface area contributed by atoms with Crippen molar-refractivity contribution in [1.82, 2.24) is 10.2 Å². The third-order valence-corrected chi connectivity index (χ3v) is 4.78. The van der Waals surface area contributed by atoms with Crippen LogP contribution in [0.5, 0.6) is 0 Å².